The lowest BCUT2D eigenvalue weighted by molar-refractivity contribution is 0.0421. The first-order valence-electron chi connectivity index (χ1n) is 7.59. The second-order valence-electron chi connectivity index (χ2n) is 5.83. The predicted molar refractivity (Wildman–Crippen MR) is 96.1 cm³/mol. The fraction of sp³-hybridized carbons (Fsp3) is 0.471. The molecule has 1 heterocycles. The van der Waals surface area contributed by atoms with E-state index in [4.69, 9.17) is 9.72 Å². The number of anilines is 1. The van der Waals surface area contributed by atoms with Crippen molar-refractivity contribution in [1.29, 1.82) is 0 Å². The number of aliphatic hydroxyl groups excluding tert-OH is 1. The lowest BCUT2D eigenvalue weighted by Gasteiger charge is -2.19. The molecule has 0 bridgehead atoms. The molecular formula is C17H25N3O2S. The zero-order valence-corrected chi connectivity index (χ0v) is 15.0. The summed E-state index contributed by atoms with van der Waals surface area (Å²) < 4.78 is 4.99. The SMILES string of the molecule is COCC(O)CN(C)Cc1sc(N(C)C)nc1-c1ccccc1. The highest BCUT2D eigenvalue weighted by molar-refractivity contribution is 7.16. The van der Waals surface area contributed by atoms with Gasteiger partial charge in [0.1, 0.15) is 0 Å². The van der Waals surface area contributed by atoms with Gasteiger partial charge in [0.2, 0.25) is 0 Å². The summed E-state index contributed by atoms with van der Waals surface area (Å²) in [5, 5.41) is 10.9. The van der Waals surface area contributed by atoms with E-state index in [-0.39, 0.29) is 0 Å². The van der Waals surface area contributed by atoms with E-state index in [1.807, 2.05) is 44.2 Å². The lowest BCUT2D eigenvalue weighted by Crippen LogP contribution is -2.31. The van der Waals surface area contributed by atoms with Gasteiger partial charge in [-0.3, -0.25) is 4.90 Å². The number of methoxy groups -OCH3 is 1. The zero-order chi connectivity index (χ0) is 16.8. The molecule has 0 aliphatic carbocycles. The number of rotatable bonds is 8. The maximum absolute atomic E-state index is 9.89. The van der Waals surface area contributed by atoms with Gasteiger partial charge in [-0.05, 0) is 7.05 Å². The van der Waals surface area contributed by atoms with Crippen LogP contribution in [0.15, 0.2) is 30.3 Å². The van der Waals surface area contributed by atoms with E-state index < -0.39 is 6.10 Å². The normalized spacial score (nSPS) is 12.6. The van der Waals surface area contributed by atoms with Crippen LogP contribution >= 0.6 is 11.3 Å². The fourth-order valence-corrected chi connectivity index (χ4v) is 3.46. The largest absolute Gasteiger partial charge is 0.389 e. The number of benzene rings is 1. The lowest BCUT2D eigenvalue weighted by atomic mass is 10.1. The molecule has 5 nitrogen and oxygen atoms in total. The Bertz CT molecular complexity index is 601. The average Bonchev–Trinajstić information content (AvgIpc) is 2.92. The number of thiazole rings is 1. The van der Waals surface area contributed by atoms with Gasteiger partial charge >= 0.3 is 0 Å². The minimum Gasteiger partial charge on any atom is -0.389 e. The predicted octanol–water partition coefficient (Wildman–Crippen LogP) is 2.32. The summed E-state index contributed by atoms with van der Waals surface area (Å²) in [5.41, 5.74) is 2.14. The third kappa shape index (κ3) is 5.00. The third-order valence-electron chi connectivity index (χ3n) is 3.41. The van der Waals surface area contributed by atoms with Gasteiger partial charge in [-0.2, -0.15) is 0 Å². The molecule has 1 aromatic heterocycles. The summed E-state index contributed by atoms with van der Waals surface area (Å²) in [5.74, 6) is 0. The minimum atomic E-state index is -0.480. The van der Waals surface area contributed by atoms with Crippen molar-refractivity contribution in [2.24, 2.45) is 0 Å². The molecular weight excluding hydrogens is 310 g/mol. The molecule has 0 aliphatic heterocycles. The van der Waals surface area contributed by atoms with E-state index in [1.54, 1.807) is 18.4 Å². The summed E-state index contributed by atoms with van der Waals surface area (Å²) in [6.45, 7) is 1.66. The van der Waals surface area contributed by atoms with Crippen LogP contribution in [0.4, 0.5) is 5.13 Å². The van der Waals surface area contributed by atoms with Crippen molar-refractivity contribution in [2.45, 2.75) is 12.6 Å². The van der Waals surface area contributed by atoms with Crippen molar-refractivity contribution in [3.8, 4) is 11.3 Å². The first-order valence-corrected chi connectivity index (χ1v) is 8.41. The van der Waals surface area contributed by atoms with Crippen molar-refractivity contribution in [1.82, 2.24) is 9.88 Å². The van der Waals surface area contributed by atoms with E-state index in [0.29, 0.717) is 13.2 Å². The molecule has 0 radical (unpaired) electrons. The van der Waals surface area contributed by atoms with Crippen molar-refractivity contribution in [2.75, 3.05) is 46.3 Å². The van der Waals surface area contributed by atoms with Crippen LogP contribution in [0.3, 0.4) is 0 Å². The standard InChI is InChI=1S/C17H25N3O2S/c1-19(2)17-18-16(13-8-6-5-7-9-13)15(23-17)11-20(3)10-14(21)12-22-4/h5-9,14,21H,10-12H2,1-4H3. The molecule has 0 fully saturated rings. The summed E-state index contributed by atoms with van der Waals surface area (Å²) in [7, 11) is 7.61. The van der Waals surface area contributed by atoms with Crippen LogP contribution in [0.2, 0.25) is 0 Å². The molecule has 126 valence electrons. The van der Waals surface area contributed by atoms with Crippen LogP contribution < -0.4 is 4.90 Å². The number of likely N-dealkylation sites (N-methyl/N-ethyl adjacent to an activating group) is 1. The molecule has 0 spiro atoms. The molecule has 1 N–H and O–H groups in total. The van der Waals surface area contributed by atoms with Gasteiger partial charge < -0.3 is 14.7 Å². The summed E-state index contributed by atoms with van der Waals surface area (Å²) in [6.07, 6.45) is -0.480. The minimum absolute atomic E-state index is 0.349. The number of ether oxygens (including phenoxy) is 1. The molecule has 23 heavy (non-hydrogen) atoms. The van der Waals surface area contributed by atoms with E-state index >= 15 is 0 Å². The first-order chi connectivity index (χ1) is 11.0. The number of aromatic nitrogens is 1. The summed E-state index contributed by atoms with van der Waals surface area (Å²) in [6, 6.07) is 10.2. The fourth-order valence-electron chi connectivity index (χ4n) is 2.37. The van der Waals surface area contributed by atoms with Gasteiger partial charge in [0.25, 0.3) is 0 Å². The number of nitrogens with zero attached hydrogens (tertiary/aromatic N) is 3. The van der Waals surface area contributed by atoms with Crippen LogP contribution in [-0.2, 0) is 11.3 Å². The molecule has 0 amide bonds. The Labute approximate surface area is 142 Å². The highest BCUT2D eigenvalue weighted by Crippen LogP contribution is 2.33. The van der Waals surface area contributed by atoms with Crippen LogP contribution in [0.25, 0.3) is 11.3 Å². The summed E-state index contributed by atoms with van der Waals surface area (Å²) in [4.78, 5) is 10.1. The third-order valence-corrected chi connectivity index (χ3v) is 4.62. The Morgan fingerprint density at radius 2 is 1.91 bits per heavy atom. The maximum Gasteiger partial charge on any atom is 0.185 e. The highest BCUT2D eigenvalue weighted by atomic mass is 32.1. The first kappa shape index (κ1) is 17.9. The van der Waals surface area contributed by atoms with Crippen LogP contribution in [0.1, 0.15) is 4.88 Å². The van der Waals surface area contributed by atoms with E-state index in [1.165, 1.54) is 4.88 Å². The number of aliphatic hydroxyl groups is 1. The Kier molecular flexibility index (Phi) is 6.53. The van der Waals surface area contributed by atoms with Gasteiger partial charge in [-0.15, -0.1) is 0 Å². The summed E-state index contributed by atoms with van der Waals surface area (Å²) >= 11 is 1.69. The Balaban J connectivity index is 2.20. The quantitative estimate of drug-likeness (QED) is 0.802. The molecule has 1 atom stereocenters. The van der Waals surface area contributed by atoms with Gasteiger partial charge in [-0.25, -0.2) is 4.98 Å². The van der Waals surface area contributed by atoms with Gasteiger partial charge in [0.15, 0.2) is 5.13 Å². The Morgan fingerprint density at radius 3 is 2.52 bits per heavy atom. The highest BCUT2D eigenvalue weighted by Gasteiger charge is 2.17. The second kappa shape index (κ2) is 8.40. The van der Waals surface area contributed by atoms with Crippen molar-refractivity contribution >= 4 is 16.5 Å². The van der Waals surface area contributed by atoms with Crippen LogP contribution in [0, 0.1) is 0 Å². The molecule has 0 saturated heterocycles. The zero-order valence-electron chi connectivity index (χ0n) is 14.2. The van der Waals surface area contributed by atoms with Gasteiger partial charge in [0.05, 0.1) is 18.4 Å². The molecule has 1 aromatic carbocycles. The Hall–Kier alpha value is -1.47. The smallest absolute Gasteiger partial charge is 0.185 e. The molecule has 0 aliphatic rings. The molecule has 1 unspecified atom stereocenters. The molecule has 2 rings (SSSR count). The van der Waals surface area contributed by atoms with Crippen LogP contribution in [0.5, 0.6) is 0 Å². The van der Waals surface area contributed by atoms with Crippen molar-refractivity contribution < 1.29 is 9.84 Å². The van der Waals surface area contributed by atoms with Crippen molar-refractivity contribution in [3.05, 3.63) is 35.2 Å². The number of hydrogen-bond donors (Lipinski definition) is 1. The maximum atomic E-state index is 9.89. The van der Waals surface area contributed by atoms with Crippen LogP contribution in [-0.4, -0.2) is 62.5 Å². The van der Waals surface area contributed by atoms with E-state index in [9.17, 15) is 5.11 Å². The van der Waals surface area contributed by atoms with Gasteiger partial charge in [-0.1, -0.05) is 41.7 Å². The monoisotopic (exact) mass is 335 g/mol. The topological polar surface area (TPSA) is 48.8 Å². The van der Waals surface area contributed by atoms with Crippen molar-refractivity contribution in [3.63, 3.8) is 0 Å². The Morgan fingerprint density at radius 1 is 1.22 bits per heavy atom. The second-order valence-corrected chi connectivity index (χ2v) is 6.90. The van der Waals surface area contributed by atoms with E-state index in [0.717, 1.165) is 22.9 Å². The average molecular weight is 335 g/mol. The molecule has 0 saturated carbocycles. The number of hydrogen-bond acceptors (Lipinski definition) is 6. The molecule has 6 heteroatoms. The molecule has 2 aromatic rings. The van der Waals surface area contributed by atoms with Gasteiger partial charge in [0, 0.05) is 44.7 Å². The van der Waals surface area contributed by atoms with E-state index in [2.05, 4.69) is 17.0 Å².